The maximum atomic E-state index is 12.7. The molecule has 0 saturated carbocycles. The lowest BCUT2D eigenvalue weighted by Gasteiger charge is -2.09. The van der Waals surface area contributed by atoms with Gasteiger partial charge < -0.3 is 5.11 Å². The van der Waals surface area contributed by atoms with Crippen molar-refractivity contribution in [2.24, 2.45) is 0 Å². The molecule has 0 radical (unpaired) electrons. The Kier molecular flexibility index (Phi) is 7.78. The Balaban J connectivity index is 2.11. The predicted octanol–water partition coefficient (Wildman–Crippen LogP) is 4.42. The smallest absolute Gasteiger partial charge is 0.123 e. The fourth-order valence-corrected chi connectivity index (χ4v) is 2.53. The summed E-state index contributed by atoms with van der Waals surface area (Å²) in [6.45, 7) is 3.68. The van der Waals surface area contributed by atoms with Gasteiger partial charge in [-0.05, 0) is 43.5 Å². The van der Waals surface area contributed by atoms with Gasteiger partial charge in [-0.25, -0.2) is 4.39 Å². The molecule has 1 aromatic carbocycles. The Morgan fingerprint density at radius 2 is 1.94 bits per heavy atom. The molecule has 100 valence electrons. The lowest BCUT2D eigenvalue weighted by molar-refractivity contribution is 0.185. The second kappa shape index (κ2) is 9.17. The molecule has 0 saturated heterocycles. The molecule has 0 aliphatic carbocycles. The number of thioether (sulfide) groups is 1. The lowest BCUT2D eigenvalue weighted by Crippen LogP contribution is -2.09. The van der Waals surface area contributed by atoms with Crippen LogP contribution in [0.4, 0.5) is 4.39 Å². The van der Waals surface area contributed by atoms with E-state index in [2.05, 4.69) is 6.58 Å². The standard InChI is InChI=1S/C15H21FOS/c1-2-3-4-5-6-7-14(17)12-18-15-10-8-13(16)9-11-15/h2,8-11,14,17H,1,3-7,12H2. The van der Waals surface area contributed by atoms with E-state index in [0.29, 0.717) is 5.75 Å². The van der Waals surface area contributed by atoms with Gasteiger partial charge in [0.2, 0.25) is 0 Å². The highest BCUT2D eigenvalue weighted by Gasteiger charge is 2.05. The molecule has 0 bridgehead atoms. The molecule has 1 nitrogen and oxygen atoms in total. The van der Waals surface area contributed by atoms with Crippen molar-refractivity contribution >= 4 is 11.8 Å². The summed E-state index contributed by atoms with van der Waals surface area (Å²) in [6.07, 6.45) is 6.90. The van der Waals surface area contributed by atoms with E-state index in [-0.39, 0.29) is 11.9 Å². The Morgan fingerprint density at radius 1 is 1.22 bits per heavy atom. The van der Waals surface area contributed by atoms with Crippen LogP contribution < -0.4 is 0 Å². The third kappa shape index (κ3) is 6.82. The zero-order chi connectivity index (χ0) is 13.2. The van der Waals surface area contributed by atoms with Crippen molar-refractivity contribution < 1.29 is 9.50 Å². The molecule has 1 N–H and O–H groups in total. The van der Waals surface area contributed by atoms with Crippen LogP contribution in [0.1, 0.15) is 32.1 Å². The SMILES string of the molecule is C=CCCCCCC(O)CSc1ccc(F)cc1. The average Bonchev–Trinajstić information content (AvgIpc) is 2.38. The minimum atomic E-state index is -0.274. The van der Waals surface area contributed by atoms with Crippen molar-refractivity contribution in [3.63, 3.8) is 0 Å². The average molecular weight is 268 g/mol. The molecule has 0 aliphatic rings. The van der Waals surface area contributed by atoms with Crippen LogP contribution in [0.3, 0.4) is 0 Å². The van der Waals surface area contributed by atoms with E-state index in [1.54, 1.807) is 23.9 Å². The van der Waals surface area contributed by atoms with Crippen LogP contribution in [0.25, 0.3) is 0 Å². The van der Waals surface area contributed by atoms with Gasteiger partial charge in [0.15, 0.2) is 0 Å². The van der Waals surface area contributed by atoms with Gasteiger partial charge in [0, 0.05) is 10.6 Å². The summed E-state index contributed by atoms with van der Waals surface area (Å²) in [5, 5.41) is 9.81. The molecule has 1 aromatic rings. The number of benzene rings is 1. The molecule has 0 amide bonds. The number of hydrogen-bond donors (Lipinski definition) is 1. The van der Waals surface area contributed by atoms with Gasteiger partial charge in [-0.2, -0.15) is 0 Å². The molecule has 1 atom stereocenters. The van der Waals surface area contributed by atoms with Crippen molar-refractivity contribution in [1.82, 2.24) is 0 Å². The second-order valence-corrected chi connectivity index (χ2v) is 5.44. The molecular weight excluding hydrogens is 247 g/mol. The van der Waals surface area contributed by atoms with Gasteiger partial charge in [0.25, 0.3) is 0 Å². The van der Waals surface area contributed by atoms with Crippen molar-refractivity contribution in [3.05, 3.63) is 42.7 Å². The number of rotatable bonds is 9. The molecule has 1 unspecified atom stereocenters. The van der Waals surface area contributed by atoms with E-state index in [1.165, 1.54) is 12.1 Å². The molecule has 1 rings (SSSR count). The summed E-state index contributed by atoms with van der Waals surface area (Å²) >= 11 is 1.57. The van der Waals surface area contributed by atoms with Gasteiger partial charge in [-0.3, -0.25) is 0 Å². The fourth-order valence-electron chi connectivity index (χ4n) is 1.65. The maximum absolute atomic E-state index is 12.7. The van der Waals surface area contributed by atoms with Crippen molar-refractivity contribution in [1.29, 1.82) is 0 Å². The van der Waals surface area contributed by atoms with E-state index in [4.69, 9.17) is 0 Å². The third-order valence-electron chi connectivity index (χ3n) is 2.70. The minimum absolute atomic E-state index is 0.220. The Bertz CT molecular complexity index is 337. The zero-order valence-corrected chi connectivity index (χ0v) is 11.5. The molecule has 0 heterocycles. The third-order valence-corrected chi connectivity index (χ3v) is 3.86. The number of hydrogen-bond acceptors (Lipinski definition) is 2. The maximum Gasteiger partial charge on any atom is 0.123 e. The highest BCUT2D eigenvalue weighted by Crippen LogP contribution is 2.20. The van der Waals surface area contributed by atoms with Gasteiger partial charge in [0.1, 0.15) is 5.82 Å². The number of aliphatic hydroxyl groups is 1. The first kappa shape index (κ1) is 15.3. The quantitative estimate of drug-likeness (QED) is 0.406. The van der Waals surface area contributed by atoms with E-state index < -0.39 is 0 Å². The first-order valence-electron chi connectivity index (χ1n) is 6.39. The highest BCUT2D eigenvalue weighted by molar-refractivity contribution is 7.99. The Labute approximate surface area is 113 Å². The summed E-state index contributed by atoms with van der Waals surface area (Å²) in [4.78, 5) is 1.00. The van der Waals surface area contributed by atoms with Gasteiger partial charge in [-0.1, -0.05) is 18.9 Å². The van der Waals surface area contributed by atoms with Gasteiger partial charge >= 0.3 is 0 Å². The summed E-state index contributed by atoms with van der Waals surface area (Å²) in [7, 11) is 0. The lowest BCUT2D eigenvalue weighted by atomic mass is 10.1. The first-order chi connectivity index (χ1) is 8.72. The predicted molar refractivity (Wildman–Crippen MR) is 76.4 cm³/mol. The van der Waals surface area contributed by atoms with E-state index >= 15 is 0 Å². The van der Waals surface area contributed by atoms with Crippen molar-refractivity contribution in [2.75, 3.05) is 5.75 Å². The molecular formula is C15H21FOS. The van der Waals surface area contributed by atoms with Gasteiger partial charge in [0.05, 0.1) is 6.10 Å². The fraction of sp³-hybridized carbons (Fsp3) is 0.467. The van der Waals surface area contributed by atoms with Crippen LogP contribution in [0.5, 0.6) is 0 Å². The summed E-state index contributed by atoms with van der Waals surface area (Å²) in [5.41, 5.74) is 0. The summed E-state index contributed by atoms with van der Waals surface area (Å²) < 4.78 is 12.7. The number of aliphatic hydroxyl groups excluding tert-OH is 1. The highest BCUT2D eigenvalue weighted by atomic mass is 32.2. The first-order valence-corrected chi connectivity index (χ1v) is 7.38. The van der Waals surface area contributed by atoms with Crippen LogP contribution in [-0.2, 0) is 0 Å². The topological polar surface area (TPSA) is 20.2 Å². The molecule has 0 spiro atoms. The normalized spacial score (nSPS) is 12.3. The Morgan fingerprint density at radius 3 is 2.61 bits per heavy atom. The number of halogens is 1. The largest absolute Gasteiger partial charge is 0.392 e. The molecule has 18 heavy (non-hydrogen) atoms. The molecule has 3 heteroatoms. The van der Waals surface area contributed by atoms with Crippen LogP contribution in [0.15, 0.2) is 41.8 Å². The van der Waals surface area contributed by atoms with Crippen LogP contribution in [0.2, 0.25) is 0 Å². The number of unbranched alkanes of at least 4 members (excludes halogenated alkanes) is 3. The van der Waals surface area contributed by atoms with Crippen LogP contribution in [0, 0.1) is 5.82 Å². The van der Waals surface area contributed by atoms with E-state index in [1.807, 2.05) is 6.08 Å². The zero-order valence-electron chi connectivity index (χ0n) is 10.6. The van der Waals surface area contributed by atoms with Crippen molar-refractivity contribution in [2.45, 2.75) is 43.1 Å². The monoisotopic (exact) mass is 268 g/mol. The van der Waals surface area contributed by atoms with E-state index in [9.17, 15) is 9.50 Å². The van der Waals surface area contributed by atoms with Crippen LogP contribution >= 0.6 is 11.8 Å². The summed E-state index contributed by atoms with van der Waals surface area (Å²) in [6, 6.07) is 6.39. The van der Waals surface area contributed by atoms with Gasteiger partial charge in [-0.15, -0.1) is 18.3 Å². The van der Waals surface area contributed by atoms with Crippen LogP contribution in [-0.4, -0.2) is 17.0 Å². The molecule has 0 aromatic heterocycles. The van der Waals surface area contributed by atoms with E-state index in [0.717, 1.165) is 37.0 Å². The minimum Gasteiger partial charge on any atom is -0.392 e. The Hall–Kier alpha value is -0.800. The second-order valence-electron chi connectivity index (χ2n) is 4.35. The summed E-state index contributed by atoms with van der Waals surface area (Å²) in [5.74, 6) is 0.453. The number of allylic oxidation sites excluding steroid dienone is 1. The molecule has 0 aliphatic heterocycles. The van der Waals surface area contributed by atoms with Crippen molar-refractivity contribution in [3.8, 4) is 0 Å². The molecule has 0 fully saturated rings.